The molecule has 0 saturated heterocycles. The van der Waals surface area contributed by atoms with Gasteiger partial charge >= 0.3 is 0 Å². The molecule has 0 radical (unpaired) electrons. The number of allylic oxidation sites excluding steroid dienone is 2. The van der Waals surface area contributed by atoms with Gasteiger partial charge in [0.25, 0.3) is 0 Å². The molecule has 0 unspecified atom stereocenters. The summed E-state index contributed by atoms with van der Waals surface area (Å²) >= 11 is 0. The normalized spacial score (nSPS) is 27.9. The number of unbranched alkanes of at least 4 members (excludes halogenated alkanes) is 1. The minimum Gasteiger partial charge on any atom is -0.373 e. The molecule has 0 atom stereocenters. The highest BCUT2D eigenvalue weighted by molar-refractivity contribution is 5.25. The van der Waals surface area contributed by atoms with Gasteiger partial charge in [-0.1, -0.05) is 61.8 Å². The van der Waals surface area contributed by atoms with E-state index in [0.717, 1.165) is 23.7 Å². The van der Waals surface area contributed by atoms with Crippen LogP contribution in [-0.2, 0) is 11.3 Å². The summed E-state index contributed by atoms with van der Waals surface area (Å²) in [6.45, 7) is 7.31. The zero-order chi connectivity index (χ0) is 20.3. The van der Waals surface area contributed by atoms with Gasteiger partial charge in [-0.2, -0.15) is 0 Å². The topological polar surface area (TPSA) is 9.23 Å². The second-order valence-corrected chi connectivity index (χ2v) is 9.44. The highest BCUT2D eigenvalue weighted by atomic mass is 16.5. The van der Waals surface area contributed by atoms with Crippen molar-refractivity contribution in [2.24, 2.45) is 17.8 Å². The van der Waals surface area contributed by atoms with Crippen LogP contribution in [0.15, 0.2) is 49.1 Å². The second-order valence-electron chi connectivity index (χ2n) is 9.44. The molecule has 0 N–H and O–H groups in total. The van der Waals surface area contributed by atoms with Gasteiger partial charge in [-0.3, -0.25) is 0 Å². The molecular formula is C28H42O. The third-order valence-electron chi connectivity index (χ3n) is 7.52. The van der Waals surface area contributed by atoms with Gasteiger partial charge in [0.15, 0.2) is 0 Å². The van der Waals surface area contributed by atoms with Crippen LogP contribution in [0, 0.1) is 17.8 Å². The van der Waals surface area contributed by atoms with Crippen molar-refractivity contribution in [1.82, 2.24) is 0 Å². The first-order valence-electron chi connectivity index (χ1n) is 12.2. The van der Waals surface area contributed by atoms with Crippen molar-refractivity contribution in [3.63, 3.8) is 0 Å². The molecule has 0 heterocycles. The zero-order valence-corrected chi connectivity index (χ0v) is 18.7. The molecule has 2 saturated carbocycles. The maximum absolute atomic E-state index is 5.67. The fourth-order valence-corrected chi connectivity index (χ4v) is 5.65. The van der Waals surface area contributed by atoms with Gasteiger partial charge in [0.05, 0.1) is 13.2 Å². The highest BCUT2D eigenvalue weighted by Gasteiger charge is 2.31. The third-order valence-corrected chi connectivity index (χ3v) is 7.52. The Hall–Kier alpha value is -1.34. The van der Waals surface area contributed by atoms with E-state index < -0.39 is 0 Å². The Kier molecular flexibility index (Phi) is 9.54. The van der Waals surface area contributed by atoms with Gasteiger partial charge in [0, 0.05) is 0 Å². The Morgan fingerprint density at radius 1 is 0.931 bits per heavy atom. The van der Waals surface area contributed by atoms with Crippen LogP contribution >= 0.6 is 0 Å². The van der Waals surface area contributed by atoms with Crippen LogP contribution in [0.1, 0.15) is 94.6 Å². The van der Waals surface area contributed by atoms with Gasteiger partial charge in [-0.05, 0) is 93.1 Å². The van der Waals surface area contributed by atoms with E-state index in [1.807, 2.05) is 13.0 Å². The minimum absolute atomic E-state index is 0.707. The standard InChI is InChI=1S/C28H42O/c1-3-5-7-8-23-9-13-25(14-10-23)27-17-19-28(20-18-27)26-15-11-24(12-16-26)22-29-21-6-4-2/h3-4,6,11-12,15-16,23,25,27-28H,1,5,7-10,13-14,17-22H2,2H3. The van der Waals surface area contributed by atoms with Crippen LogP contribution in [0.25, 0.3) is 0 Å². The number of hydrogen-bond acceptors (Lipinski definition) is 1. The number of rotatable bonds is 10. The van der Waals surface area contributed by atoms with Crippen LogP contribution in [0.2, 0.25) is 0 Å². The second kappa shape index (κ2) is 12.4. The van der Waals surface area contributed by atoms with Crippen LogP contribution in [0.5, 0.6) is 0 Å². The molecule has 3 rings (SSSR count). The quantitative estimate of drug-likeness (QED) is 0.287. The molecule has 0 amide bonds. The van der Waals surface area contributed by atoms with E-state index in [0.29, 0.717) is 13.2 Å². The molecule has 2 aliphatic rings. The Balaban J connectivity index is 1.37. The average Bonchev–Trinajstić information content (AvgIpc) is 2.78. The number of benzene rings is 1. The lowest BCUT2D eigenvalue weighted by Gasteiger charge is -2.38. The molecule has 0 aliphatic heterocycles. The van der Waals surface area contributed by atoms with Crippen molar-refractivity contribution in [2.75, 3.05) is 6.61 Å². The first-order chi connectivity index (χ1) is 14.3. The van der Waals surface area contributed by atoms with Gasteiger partial charge in [-0.25, -0.2) is 0 Å². The van der Waals surface area contributed by atoms with Crippen molar-refractivity contribution < 1.29 is 4.74 Å². The molecule has 2 fully saturated rings. The van der Waals surface area contributed by atoms with Gasteiger partial charge in [0.2, 0.25) is 0 Å². The molecule has 160 valence electrons. The van der Waals surface area contributed by atoms with Crippen LogP contribution in [-0.4, -0.2) is 6.61 Å². The fourth-order valence-electron chi connectivity index (χ4n) is 5.65. The van der Waals surface area contributed by atoms with Crippen molar-refractivity contribution in [3.05, 3.63) is 60.2 Å². The van der Waals surface area contributed by atoms with E-state index in [2.05, 4.69) is 43.0 Å². The minimum atomic E-state index is 0.707. The van der Waals surface area contributed by atoms with Crippen molar-refractivity contribution in [1.29, 1.82) is 0 Å². The summed E-state index contributed by atoms with van der Waals surface area (Å²) in [5.41, 5.74) is 2.84. The predicted octanol–water partition coefficient (Wildman–Crippen LogP) is 8.22. The summed E-state index contributed by atoms with van der Waals surface area (Å²) in [7, 11) is 0. The summed E-state index contributed by atoms with van der Waals surface area (Å²) in [6.07, 6.45) is 21.8. The number of ether oxygens (including phenoxy) is 1. The lowest BCUT2D eigenvalue weighted by atomic mass is 9.68. The summed E-state index contributed by atoms with van der Waals surface area (Å²) < 4.78 is 5.67. The zero-order valence-electron chi connectivity index (χ0n) is 18.7. The monoisotopic (exact) mass is 394 g/mol. The van der Waals surface area contributed by atoms with E-state index in [1.54, 1.807) is 5.56 Å². The molecule has 1 nitrogen and oxygen atoms in total. The molecule has 0 bridgehead atoms. The molecule has 1 heteroatoms. The summed E-state index contributed by atoms with van der Waals surface area (Å²) in [5.74, 6) is 3.80. The summed E-state index contributed by atoms with van der Waals surface area (Å²) in [4.78, 5) is 0. The van der Waals surface area contributed by atoms with Gasteiger partial charge in [0.1, 0.15) is 0 Å². The van der Waals surface area contributed by atoms with Crippen LogP contribution in [0.4, 0.5) is 0 Å². The maximum Gasteiger partial charge on any atom is 0.0721 e. The SMILES string of the molecule is C=CCCCC1CCC(C2CCC(c3ccc(COCC=CC)cc3)CC2)CC1. The van der Waals surface area contributed by atoms with Crippen molar-refractivity contribution in [3.8, 4) is 0 Å². The fraction of sp³-hybridized carbons (Fsp3) is 0.643. The van der Waals surface area contributed by atoms with Crippen LogP contribution in [0.3, 0.4) is 0 Å². The highest BCUT2D eigenvalue weighted by Crippen LogP contribution is 2.44. The predicted molar refractivity (Wildman–Crippen MR) is 125 cm³/mol. The van der Waals surface area contributed by atoms with Gasteiger partial charge < -0.3 is 4.74 Å². The maximum atomic E-state index is 5.67. The summed E-state index contributed by atoms with van der Waals surface area (Å²) in [5, 5.41) is 0. The number of hydrogen-bond donors (Lipinski definition) is 0. The van der Waals surface area contributed by atoms with E-state index in [4.69, 9.17) is 4.74 Å². The molecule has 2 aliphatic carbocycles. The Bertz CT molecular complexity index is 598. The van der Waals surface area contributed by atoms with E-state index in [9.17, 15) is 0 Å². The molecule has 1 aromatic carbocycles. The first kappa shape index (κ1) is 22.3. The third kappa shape index (κ3) is 7.14. The van der Waals surface area contributed by atoms with Crippen molar-refractivity contribution in [2.45, 2.75) is 90.1 Å². The van der Waals surface area contributed by atoms with E-state index in [1.165, 1.54) is 76.2 Å². The first-order valence-corrected chi connectivity index (χ1v) is 12.2. The molecule has 29 heavy (non-hydrogen) atoms. The Labute approximate surface area is 179 Å². The Morgan fingerprint density at radius 2 is 1.59 bits per heavy atom. The largest absolute Gasteiger partial charge is 0.373 e. The van der Waals surface area contributed by atoms with Crippen LogP contribution < -0.4 is 0 Å². The molecule has 0 aromatic heterocycles. The molecule has 1 aromatic rings. The van der Waals surface area contributed by atoms with Crippen molar-refractivity contribution >= 4 is 0 Å². The molecule has 0 spiro atoms. The lowest BCUT2D eigenvalue weighted by molar-refractivity contribution is 0.148. The van der Waals surface area contributed by atoms with E-state index >= 15 is 0 Å². The smallest absolute Gasteiger partial charge is 0.0721 e. The summed E-state index contributed by atoms with van der Waals surface area (Å²) in [6, 6.07) is 9.25. The Morgan fingerprint density at radius 3 is 2.21 bits per heavy atom. The van der Waals surface area contributed by atoms with Gasteiger partial charge in [-0.15, -0.1) is 6.58 Å². The molecular weight excluding hydrogens is 352 g/mol. The average molecular weight is 395 g/mol. The lowest BCUT2D eigenvalue weighted by Crippen LogP contribution is -2.25. The van der Waals surface area contributed by atoms with E-state index in [-0.39, 0.29) is 0 Å².